The lowest BCUT2D eigenvalue weighted by atomic mass is 10.1. The van der Waals surface area contributed by atoms with E-state index >= 15 is 0 Å². The van der Waals surface area contributed by atoms with Crippen LogP contribution in [0.3, 0.4) is 0 Å². The molecular weight excluding hydrogens is 386 g/mol. The predicted molar refractivity (Wildman–Crippen MR) is 125 cm³/mol. The molecule has 0 saturated carbocycles. The zero-order chi connectivity index (χ0) is 21.8. The first-order valence-corrected chi connectivity index (χ1v) is 10.9. The average molecular weight is 418 g/mol. The van der Waals surface area contributed by atoms with Crippen molar-refractivity contribution >= 4 is 11.6 Å². The first kappa shape index (κ1) is 21.1. The van der Waals surface area contributed by atoms with Crippen LogP contribution in [0.4, 0.5) is 5.69 Å². The topological polar surface area (TPSA) is 53.4 Å². The maximum atomic E-state index is 12.8. The highest BCUT2D eigenvalue weighted by molar-refractivity contribution is 5.79. The van der Waals surface area contributed by atoms with E-state index in [1.54, 1.807) is 0 Å². The maximum Gasteiger partial charge on any atom is 0.224 e. The Labute approximate surface area is 184 Å². The number of nitrogens with one attached hydrogen (secondary N) is 1. The van der Waals surface area contributed by atoms with Gasteiger partial charge in [-0.25, -0.2) is 4.68 Å². The van der Waals surface area contributed by atoms with Crippen LogP contribution in [0.25, 0.3) is 5.69 Å². The van der Waals surface area contributed by atoms with E-state index in [-0.39, 0.29) is 5.91 Å². The van der Waals surface area contributed by atoms with E-state index in [1.807, 2.05) is 54.9 Å². The van der Waals surface area contributed by atoms with Gasteiger partial charge in [-0.1, -0.05) is 36.4 Å². The first-order valence-electron chi connectivity index (χ1n) is 10.9. The van der Waals surface area contributed by atoms with Gasteiger partial charge in [-0.05, 0) is 44.7 Å². The van der Waals surface area contributed by atoms with Crippen molar-refractivity contribution in [3.63, 3.8) is 0 Å². The minimum absolute atomic E-state index is 0.0204. The lowest BCUT2D eigenvalue weighted by Crippen LogP contribution is -2.45. The zero-order valence-corrected chi connectivity index (χ0v) is 18.6. The van der Waals surface area contributed by atoms with Gasteiger partial charge in [0.15, 0.2) is 0 Å². The smallest absolute Gasteiger partial charge is 0.224 e. The van der Waals surface area contributed by atoms with Gasteiger partial charge in [-0.2, -0.15) is 5.10 Å². The lowest BCUT2D eigenvalue weighted by Gasteiger charge is -2.35. The number of aryl methyl sites for hydroxylation is 1. The van der Waals surface area contributed by atoms with E-state index in [4.69, 9.17) is 0 Å². The number of amides is 1. The highest BCUT2D eigenvalue weighted by Crippen LogP contribution is 2.22. The summed E-state index contributed by atoms with van der Waals surface area (Å²) in [6, 6.07) is 18.4. The highest BCUT2D eigenvalue weighted by atomic mass is 16.1. The molecule has 1 aliphatic rings. The molecule has 0 unspecified atom stereocenters. The average Bonchev–Trinajstić information content (AvgIpc) is 3.07. The summed E-state index contributed by atoms with van der Waals surface area (Å²) in [6.07, 6.45) is 0.335. The van der Waals surface area contributed by atoms with Crippen molar-refractivity contribution in [1.29, 1.82) is 0 Å². The molecule has 0 atom stereocenters. The third kappa shape index (κ3) is 4.80. The Morgan fingerprint density at radius 1 is 0.968 bits per heavy atom. The normalized spacial score (nSPS) is 14.6. The number of piperazine rings is 1. The molecule has 4 rings (SSSR count). The molecule has 1 N–H and O–H groups in total. The highest BCUT2D eigenvalue weighted by Gasteiger charge is 2.18. The SMILES string of the molecule is Cc1nn(-c2ccccc2)c(C)c1CC(=O)NCc1ccccc1N1CCN(C)CC1. The Morgan fingerprint density at radius 3 is 2.39 bits per heavy atom. The number of aromatic nitrogens is 2. The molecule has 162 valence electrons. The third-order valence-electron chi connectivity index (χ3n) is 6.09. The summed E-state index contributed by atoms with van der Waals surface area (Å²) in [6.45, 7) is 8.68. The van der Waals surface area contributed by atoms with Gasteiger partial charge < -0.3 is 15.1 Å². The molecular formula is C25H31N5O. The molecule has 31 heavy (non-hydrogen) atoms. The number of carbonyl (C=O) groups is 1. The van der Waals surface area contributed by atoms with Gasteiger partial charge in [-0.15, -0.1) is 0 Å². The zero-order valence-electron chi connectivity index (χ0n) is 18.6. The van der Waals surface area contributed by atoms with E-state index in [2.05, 4.69) is 45.5 Å². The molecule has 0 radical (unpaired) electrons. The summed E-state index contributed by atoms with van der Waals surface area (Å²) in [7, 11) is 2.16. The minimum atomic E-state index is 0.0204. The fourth-order valence-corrected chi connectivity index (χ4v) is 4.18. The van der Waals surface area contributed by atoms with Crippen LogP contribution in [0.15, 0.2) is 54.6 Å². The van der Waals surface area contributed by atoms with Gasteiger partial charge in [0.25, 0.3) is 0 Å². The molecule has 1 amide bonds. The van der Waals surface area contributed by atoms with E-state index < -0.39 is 0 Å². The van der Waals surface area contributed by atoms with E-state index in [9.17, 15) is 4.79 Å². The van der Waals surface area contributed by atoms with Crippen LogP contribution in [0.5, 0.6) is 0 Å². The Morgan fingerprint density at radius 2 is 1.65 bits per heavy atom. The largest absolute Gasteiger partial charge is 0.369 e. The van der Waals surface area contributed by atoms with Crippen molar-refractivity contribution in [2.75, 3.05) is 38.1 Å². The molecule has 1 aromatic heterocycles. The summed E-state index contributed by atoms with van der Waals surface area (Å²) in [5.74, 6) is 0.0204. The monoisotopic (exact) mass is 417 g/mol. The number of hydrogen-bond donors (Lipinski definition) is 1. The molecule has 1 saturated heterocycles. The Bertz CT molecular complexity index is 1040. The number of nitrogens with zero attached hydrogens (tertiary/aromatic N) is 4. The fourth-order valence-electron chi connectivity index (χ4n) is 4.18. The predicted octanol–water partition coefficient (Wildman–Crippen LogP) is 3.10. The van der Waals surface area contributed by atoms with Crippen LogP contribution in [-0.4, -0.2) is 53.8 Å². The fraction of sp³-hybridized carbons (Fsp3) is 0.360. The number of carbonyl (C=O) groups excluding carboxylic acids is 1. The molecule has 6 heteroatoms. The van der Waals surface area contributed by atoms with Crippen LogP contribution >= 0.6 is 0 Å². The van der Waals surface area contributed by atoms with Crippen LogP contribution in [0, 0.1) is 13.8 Å². The van der Waals surface area contributed by atoms with Gasteiger partial charge >= 0.3 is 0 Å². The van der Waals surface area contributed by atoms with Gasteiger partial charge in [-0.3, -0.25) is 4.79 Å². The lowest BCUT2D eigenvalue weighted by molar-refractivity contribution is -0.120. The Hall–Kier alpha value is -3.12. The van der Waals surface area contributed by atoms with Crippen molar-refractivity contribution in [2.45, 2.75) is 26.8 Å². The molecule has 0 spiro atoms. The molecule has 0 aliphatic carbocycles. The van der Waals surface area contributed by atoms with Crippen LogP contribution in [0.2, 0.25) is 0 Å². The van der Waals surface area contributed by atoms with Gasteiger partial charge in [0.2, 0.25) is 5.91 Å². The van der Waals surface area contributed by atoms with Crippen LogP contribution in [0.1, 0.15) is 22.5 Å². The number of benzene rings is 2. The summed E-state index contributed by atoms with van der Waals surface area (Å²) < 4.78 is 1.92. The van der Waals surface area contributed by atoms with Crippen molar-refractivity contribution in [1.82, 2.24) is 20.0 Å². The molecule has 1 fully saturated rings. The number of likely N-dealkylation sites (N-methyl/N-ethyl adjacent to an activating group) is 1. The summed E-state index contributed by atoms with van der Waals surface area (Å²) in [5, 5.41) is 7.79. The van der Waals surface area contributed by atoms with Gasteiger partial charge in [0, 0.05) is 49.7 Å². The summed E-state index contributed by atoms with van der Waals surface area (Å²) >= 11 is 0. The van der Waals surface area contributed by atoms with Crippen molar-refractivity contribution in [3.05, 3.63) is 77.1 Å². The quantitative estimate of drug-likeness (QED) is 0.670. The number of anilines is 1. The number of para-hydroxylation sites is 2. The minimum Gasteiger partial charge on any atom is -0.369 e. The summed E-state index contributed by atoms with van der Waals surface area (Å²) in [4.78, 5) is 17.6. The molecule has 2 aromatic carbocycles. The van der Waals surface area contributed by atoms with E-state index in [0.717, 1.165) is 54.4 Å². The van der Waals surface area contributed by atoms with Crippen molar-refractivity contribution < 1.29 is 4.79 Å². The standard InChI is InChI=1S/C25H31N5O/c1-19-23(20(2)30(27-19)22-10-5-4-6-11-22)17-25(31)26-18-21-9-7-8-12-24(21)29-15-13-28(3)14-16-29/h4-12H,13-18H2,1-3H3,(H,26,31). The molecule has 3 aromatic rings. The molecule has 0 bridgehead atoms. The van der Waals surface area contributed by atoms with Crippen LogP contribution in [-0.2, 0) is 17.8 Å². The van der Waals surface area contributed by atoms with Crippen LogP contribution < -0.4 is 10.2 Å². The Balaban J connectivity index is 1.42. The second-order valence-corrected chi connectivity index (χ2v) is 8.27. The van der Waals surface area contributed by atoms with E-state index in [0.29, 0.717) is 13.0 Å². The number of hydrogen-bond acceptors (Lipinski definition) is 4. The second kappa shape index (κ2) is 9.35. The number of rotatable bonds is 6. The molecule has 1 aliphatic heterocycles. The Kier molecular flexibility index (Phi) is 6.37. The van der Waals surface area contributed by atoms with Gasteiger partial charge in [0.05, 0.1) is 17.8 Å². The summed E-state index contributed by atoms with van der Waals surface area (Å²) in [5.41, 5.74) is 6.30. The van der Waals surface area contributed by atoms with E-state index in [1.165, 1.54) is 5.69 Å². The molecule has 2 heterocycles. The molecule has 6 nitrogen and oxygen atoms in total. The van der Waals surface area contributed by atoms with Crippen molar-refractivity contribution in [2.24, 2.45) is 0 Å². The van der Waals surface area contributed by atoms with Crippen molar-refractivity contribution in [3.8, 4) is 5.69 Å². The maximum absolute atomic E-state index is 12.8. The van der Waals surface area contributed by atoms with Gasteiger partial charge in [0.1, 0.15) is 0 Å². The first-order chi connectivity index (χ1) is 15.0. The second-order valence-electron chi connectivity index (χ2n) is 8.27. The third-order valence-corrected chi connectivity index (χ3v) is 6.09.